The smallest absolute Gasteiger partial charge is 0.203 e. The van der Waals surface area contributed by atoms with E-state index in [1.807, 2.05) is 47.2 Å². The van der Waals surface area contributed by atoms with Gasteiger partial charge in [-0.05, 0) is 23.6 Å². The minimum atomic E-state index is 0.725. The van der Waals surface area contributed by atoms with E-state index in [0.717, 1.165) is 26.3 Å². The molecule has 0 fully saturated rings. The van der Waals surface area contributed by atoms with Crippen molar-refractivity contribution in [3.8, 4) is 11.3 Å². The fraction of sp³-hybridized carbons (Fsp3) is 0. The molecule has 0 radical (unpaired) electrons. The molecule has 3 rings (SSSR count). The predicted octanol–water partition coefficient (Wildman–Crippen LogP) is 4.97. The summed E-state index contributed by atoms with van der Waals surface area (Å²) in [5, 5.41) is 9.67. The van der Waals surface area contributed by atoms with Crippen molar-refractivity contribution in [2.24, 2.45) is 5.10 Å². The third-order valence-electron chi connectivity index (χ3n) is 2.54. The Morgan fingerprint density at radius 1 is 1.15 bits per heavy atom. The van der Waals surface area contributed by atoms with Gasteiger partial charge in [0.25, 0.3) is 0 Å². The highest BCUT2D eigenvalue weighted by Gasteiger charge is 2.03. The third-order valence-corrected chi connectivity index (χ3v) is 4.35. The molecule has 3 aromatic rings. The van der Waals surface area contributed by atoms with Crippen molar-refractivity contribution >= 4 is 45.6 Å². The number of nitrogens with one attached hydrogen (secondary N) is 1. The second kappa shape index (κ2) is 6.17. The number of rotatable bonds is 4. The van der Waals surface area contributed by atoms with Crippen LogP contribution in [-0.2, 0) is 0 Å². The molecule has 0 saturated heterocycles. The molecule has 1 N–H and O–H groups in total. The van der Waals surface area contributed by atoms with Crippen LogP contribution in [-0.4, -0.2) is 11.2 Å². The fourth-order valence-corrected chi connectivity index (χ4v) is 2.97. The third kappa shape index (κ3) is 3.25. The molecular formula is C14H10ClN3S2. The Bertz CT molecular complexity index is 702. The first kappa shape index (κ1) is 13.3. The van der Waals surface area contributed by atoms with Crippen LogP contribution in [0.4, 0.5) is 5.13 Å². The first-order chi connectivity index (χ1) is 9.81. The summed E-state index contributed by atoms with van der Waals surface area (Å²) in [6.07, 6.45) is 1.79. The fourth-order valence-electron chi connectivity index (χ4n) is 1.59. The van der Waals surface area contributed by atoms with Crippen molar-refractivity contribution in [2.75, 3.05) is 5.43 Å². The van der Waals surface area contributed by atoms with Crippen LogP contribution in [0.5, 0.6) is 0 Å². The van der Waals surface area contributed by atoms with Crippen LogP contribution in [0.2, 0.25) is 5.02 Å². The van der Waals surface area contributed by atoms with Gasteiger partial charge in [-0.15, -0.1) is 22.7 Å². The zero-order valence-corrected chi connectivity index (χ0v) is 12.7. The van der Waals surface area contributed by atoms with Gasteiger partial charge in [0.15, 0.2) is 0 Å². The van der Waals surface area contributed by atoms with Gasteiger partial charge in [0, 0.05) is 20.8 Å². The second-order valence-corrected chi connectivity index (χ2v) is 6.20. The maximum atomic E-state index is 5.87. The van der Waals surface area contributed by atoms with E-state index in [-0.39, 0.29) is 0 Å². The molecule has 20 heavy (non-hydrogen) atoms. The van der Waals surface area contributed by atoms with Crippen LogP contribution in [0.15, 0.2) is 52.3 Å². The molecule has 6 heteroatoms. The summed E-state index contributed by atoms with van der Waals surface area (Å²) < 4.78 is 0. The molecule has 0 bridgehead atoms. The van der Waals surface area contributed by atoms with Crippen molar-refractivity contribution in [2.45, 2.75) is 0 Å². The average molecular weight is 320 g/mol. The number of anilines is 1. The van der Waals surface area contributed by atoms with Crippen molar-refractivity contribution in [3.63, 3.8) is 0 Å². The van der Waals surface area contributed by atoms with Crippen LogP contribution < -0.4 is 5.43 Å². The van der Waals surface area contributed by atoms with Gasteiger partial charge in [0.1, 0.15) is 0 Å². The van der Waals surface area contributed by atoms with Crippen LogP contribution >= 0.6 is 34.3 Å². The van der Waals surface area contributed by atoms with E-state index < -0.39 is 0 Å². The minimum absolute atomic E-state index is 0.725. The van der Waals surface area contributed by atoms with Gasteiger partial charge in [-0.3, -0.25) is 5.43 Å². The summed E-state index contributed by atoms with van der Waals surface area (Å²) in [5.41, 5.74) is 4.90. The van der Waals surface area contributed by atoms with E-state index in [4.69, 9.17) is 11.6 Å². The number of hydrazone groups is 1. The van der Waals surface area contributed by atoms with Gasteiger partial charge in [0.2, 0.25) is 5.13 Å². The zero-order chi connectivity index (χ0) is 13.8. The molecule has 0 amide bonds. The quantitative estimate of drug-likeness (QED) is 0.544. The predicted molar refractivity (Wildman–Crippen MR) is 88.1 cm³/mol. The SMILES string of the molecule is Clc1ccc(-c2csc(N/N=C\c3cccs3)n2)cc1. The summed E-state index contributed by atoms with van der Waals surface area (Å²) in [6.45, 7) is 0. The second-order valence-electron chi connectivity index (χ2n) is 3.93. The number of benzene rings is 1. The first-order valence-corrected chi connectivity index (χ1v) is 7.99. The zero-order valence-electron chi connectivity index (χ0n) is 10.3. The average Bonchev–Trinajstić information content (AvgIpc) is 3.11. The molecule has 100 valence electrons. The standard InChI is InChI=1S/C14H10ClN3S2/c15-11-5-3-10(4-6-11)13-9-20-14(17-13)18-16-8-12-2-1-7-19-12/h1-9H,(H,17,18)/b16-8-. The van der Waals surface area contributed by atoms with Crippen LogP contribution in [0, 0.1) is 0 Å². The van der Waals surface area contributed by atoms with E-state index in [1.54, 1.807) is 17.6 Å². The van der Waals surface area contributed by atoms with Crippen LogP contribution in [0.3, 0.4) is 0 Å². The van der Waals surface area contributed by atoms with Crippen molar-refractivity contribution in [1.29, 1.82) is 0 Å². The largest absolute Gasteiger partial charge is 0.253 e. The number of hydrogen-bond donors (Lipinski definition) is 1. The van der Waals surface area contributed by atoms with Gasteiger partial charge in [0.05, 0.1) is 11.9 Å². The molecule has 2 heterocycles. The number of aromatic nitrogens is 1. The summed E-state index contributed by atoms with van der Waals surface area (Å²) in [4.78, 5) is 5.59. The molecule has 0 spiro atoms. The number of hydrogen-bond acceptors (Lipinski definition) is 5. The highest BCUT2D eigenvalue weighted by Crippen LogP contribution is 2.25. The Kier molecular flexibility index (Phi) is 4.11. The van der Waals surface area contributed by atoms with E-state index >= 15 is 0 Å². The van der Waals surface area contributed by atoms with Gasteiger partial charge in [-0.1, -0.05) is 29.8 Å². The summed E-state index contributed by atoms with van der Waals surface area (Å²) >= 11 is 9.04. The maximum Gasteiger partial charge on any atom is 0.203 e. The lowest BCUT2D eigenvalue weighted by atomic mass is 10.2. The highest BCUT2D eigenvalue weighted by molar-refractivity contribution is 7.14. The highest BCUT2D eigenvalue weighted by atomic mass is 35.5. The molecule has 3 nitrogen and oxygen atoms in total. The lowest BCUT2D eigenvalue weighted by Gasteiger charge is -1.96. The first-order valence-electron chi connectivity index (χ1n) is 5.85. The van der Waals surface area contributed by atoms with E-state index in [1.165, 1.54) is 11.3 Å². The Morgan fingerprint density at radius 2 is 2.00 bits per heavy atom. The van der Waals surface area contributed by atoms with Gasteiger partial charge in [-0.2, -0.15) is 5.10 Å². The van der Waals surface area contributed by atoms with E-state index in [9.17, 15) is 0 Å². The molecule has 0 aliphatic rings. The molecular weight excluding hydrogens is 310 g/mol. The van der Waals surface area contributed by atoms with Gasteiger partial charge >= 0.3 is 0 Å². The Balaban J connectivity index is 1.69. The number of thiophene rings is 1. The van der Waals surface area contributed by atoms with Crippen molar-refractivity contribution < 1.29 is 0 Å². The lowest BCUT2D eigenvalue weighted by molar-refractivity contribution is 1.29. The molecule has 2 aromatic heterocycles. The van der Waals surface area contributed by atoms with Gasteiger partial charge < -0.3 is 0 Å². The normalized spacial score (nSPS) is 11.1. The summed E-state index contributed by atoms with van der Waals surface area (Å²) in [7, 11) is 0. The number of nitrogens with zero attached hydrogens (tertiary/aromatic N) is 2. The monoisotopic (exact) mass is 319 g/mol. The Morgan fingerprint density at radius 3 is 2.75 bits per heavy atom. The Hall–Kier alpha value is -1.69. The maximum absolute atomic E-state index is 5.87. The van der Waals surface area contributed by atoms with Crippen molar-refractivity contribution in [3.05, 3.63) is 57.1 Å². The van der Waals surface area contributed by atoms with Gasteiger partial charge in [-0.25, -0.2) is 4.98 Å². The molecule has 0 unspecified atom stereocenters. The topological polar surface area (TPSA) is 37.3 Å². The summed E-state index contributed by atoms with van der Waals surface area (Å²) in [6, 6.07) is 11.6. The number of halogens is 1. The molecule has 1 aromatic carbocycles. The molecule has 0 atom stereocenters. The molecule has 0 aliphatic carbocycles. The van der Waals surface area contributed by atoms with E-state index in [0.29, 0.717) is 0 Å². The van der Waals surface area contributed by atoms with Crippen LogP contribution in [0.1, 0.15) is 4.88 Å². The number of thiazole rings is 1. The van der Waals surface area contributed by atoms with Crippen LogP contribution in [0.25, 0.3) is 11.3 Å². The Labute approximate surface area is 129 Å². The molecule has 0 saturated carbocycles. The summed E-state index contributed by atoms with van der Waals surface area (Å²) in [5.74, 6) is 0. The minimum Gasteiger partial charge on any atom is -0.253 e. The van der Waals surface area contributed by atoms with E-state index in [2.05, 4.69) is 15.5 Å². The van der Waals surface area contributed by atoms with Crippen molar-refractivity contribution in [1.82, 2.24) is 4.98 Å². The lowest BCUT2D eigenvalue weighted by Crippen LogP contribution is -1.88. The molecule has 0 aliphatic heterocycles.